The van der Waals surface area contributed by atoms with Crippen LogP contribution in [0.2, 0.25) is 0 Å². The largest absolute Gasteiger partial charge is 0.394 e. The van der Waals surface area contributed by atoms with Crippen LogP contribution >= 0.6 is 23.5 Å². The fraction of sp³-hybridized carbons (Fsp3) is 0.895. The number of carbonyl (C=O) groups is 1. The number of hydrogen-bond acceptors (Lipinski definition) is 38. The van der Waals surface area contributed by atoms with Crippen molar-refractivity contribution >= 4 is 29.4 Å². The minimum atomic E-state index is -2.21. The molecular weight excluding hydrogens is 1350 g/mol. The van der Waals surface area contributed by atoms with Crippen LogP contribution < -0.4 is 10.6 Å². The van der Waals surface area contributed by atoms with Crippen LogP contribution in [0.1, 0.15) is 32.4 Å². The number of imidazole rings is 1. The molecule has 1 aromatic rings. The average molecular weight is 1440 g/mol. The molecule has 21 saturated heterocycles. The first-order valence-corrected chi connectivity index (χ1v) is 34.1. The first-order chi connectivity index (χ1) is 46.4. The summed E-state index contributed by atoms with van der Waals surface area (Å²) in [4.78, 5) is 19.4. The van der Waals surface area contributed by atoms with Gasteiger partial charge >= 0.3 is 0 Å². The van der Waals surface area contributed by atoms with E-state index in [-0.39, 0.29) is 31.0 Å². The molecule has 1 amide bonds. The Bertz CT molecular complexity index is 2550. The molecule has 0 spiro atoms. The maximum atomic E-state index is 12.7. The van der Waals surface area contributed by atoms with Crippen LogP contribution in [0.15, 0.2) is 24.8 Å². The van der Waals surface area contributed by atoms with E-state index in [1.54, 1.807) is 13.8 Å². The number of carbonyl (C=O) groups excluding carboxylic acids is 1. The molecule has 558 valence electrons. The van der Waals surface area contributed by atoms with Crippen molar-refractivity contribution in [3.63, 3.8) is 0 Å². The van der Waals surface area contributed by atoms with Gasteiger partial charge in [0.2, 0.25) is 5.91 Å². The third-order valence-corrected chi connectivity index (χ3v) is 20.5. The van der Waals surface area contributed by atoms with Gasteiger partial charge in [-0.3, -0.25) is 4.79 Å². The summed E-state index contributed by atoms with van der Waals surface area (Å²) in [5.74, 6) is 0.283. The number of nitrogens with one attached hydrogen (secondary N) is 3. The zero-order chi connectivity index (χ0) is 70.3. The van der Waals surface area contributed by atoms with Crippen molar-refractivity contribution in [1.29, 1.82) is 0 Å². The number of amides is 1. The van der Waals surface area contributed by atoms with Crippen molar-refractivity contribution < 1.29 is 168 Å². The minimum absolute atomic E-state index is 0.0203. The summed E-state index contributed by atoms with van der Waals surface area (Å²) in [5, 5.41) is 223. The van der Waals surface area contributed by atoms with E-state index in [1.165, 1.54) is 36.0 Å². The Labute approximate surface area is 563 Å². The third kappa shape index (κ3) is 18.2. The van der Waals surface area contributed by atoms with Crippen molar-refractivity contribution in [3.05, 3.63) is 30.5 Å². The molecule has 1 aromatic heterocycles. The van der Waals surface area contributed by atoms with Crippen LogP contribution in [0.3, 0.4) is 0 Å². The normalized spacial score (nSPS) is 46.6. The molecule has 22 rings (SSSR count). The minimum Gasteiger partial charge on any atom is -0.394 e. The van der Waals surface area contributed by atoms with Crippen LogP contribution in [0.25, 0.3) is 0 Å². The third-order valence-electron chi connectivity index (χ3n) is 18.0. The molecule has 0 radical (unpaired) electrons. The van der Waals surface area contributed by atoms with E-state index in [4.69, 9.17) is 66.3 Å². The number of hydrogen-bond donors (Lipinski definition) is 22. The number of aromatic nitrogens is 2. The number of aromatic amines is 1. The molecule has 22 N–H and O–H groups in total. The van der Waals surface area contributed by atoms with Crippen molar-refractivity contribution in [3.8, 4) is 0 Å². The molecule has 0 aromatic carbocycles. The number of ether oxygens (including phenoxy) is 14. The predicted molar refractivity (Wildman–Crippen MR) is 321 cm³/mol. The zero-order valence-corrected chi connectivity index (χ0v) is 54.4. The maximum absolute atomic E-state index is 12.7. The molecular formula is C57H94N4O34S2. The van der Waals surface area contributed by atoms with Crippen LogP contribution in [-0.4, -0.2) is 396 Å². The lowest BCUT2D eigenvalue weighted by Crippen LogP contribution is -2.68. The van der Waals surface area contributed by atoms with Gasteiger partial charge in [-0.25, -0.2) is 4.98 Å². The van der Waals surface area contributed by atoms with Crippen LogP contribution in [0.5, 0.6) is 0 Å². The van der Waals surface area contributed by atoms with E-state index in [0.717, 1.165) is 0 Å². The highest BCUT2D eigenvalue weighted by atomic mass is 32.2. The van der Waals surface area contributed by atoms with Gasteiger partial charge in [-0.2, -0.15) is 23.5 Å². The van der Waals surface area contributed by atoms with E-state index in [9.17, 15) is 102 Å². The average Bonchev–Trinajstić information content (AvgIpc) is 1.72. The maximum Gasteiger partial charge on any atom is 0.226 e. The van der Waals surface area contributed by atoms with Crippen molar-refractivity contribution in [2.24, 2.45) is 0 Å². The van der Waals surface area contributed by atoms with Gasteiger partial charge in [0.25, 0.3) is 0 Å². The molecule has 97 heavy (non-hydrogen) atoms. The number of rotatable bonds is 20. The summed E-state index contributed by atoms with van der Waals surface area (Å²) in [5.41, 5.74) is 1.21. The van der Waals surface area contributed by atoms with E-state index < -0.39 is 253 Å². The SMILES string of the molecule is C=C(C)NCCSCC1O[C@@H]2O[C@@H]3C(CO)O[C@@H](O[C@@H]4C(CO)O[C@@H](O[C@@H]5C(CC(CC)SCCNC(=O)Cc6cnc[nH]6)O[C@@H](O[C@@H]6C(CO)O[C@H](O[C@@H]7C(CO)O[C@H](O[C@@H]8C(CO)O[C@H](O[C@H]1[C@H](O)C2O)C(O)[C@H]8O)[C@@H](O)C7O)[C@@H](O)C6O)[C@@H](O)C5O)[C@@H](O)C4O)C(O)[C@H]3O. The highest BCUT2D eigenvalue weighted by Gasteiger charge is 2.60. The van der Waals surface area contributed by atoms with E-state index in [2.05, 4.69) is 27.2 Å². The molecule has 36 atom stereocenters. The van der Waals surface area contributed by atoms with Crippen molar-refractivity contribution in [2.45, 2.75) is 253 Å². The summed E-state index contributed by atoms with van der Waals surface area (Å²) < 4.78 is 83.8. The van der Waals surface area contributed by atoms with Crippen LogP contribution in [0, 0.1) is 0 Å². The van der Waals surface area contributed by atoms with Gasteiger partial charge < -0.3 is 179 Å². The lowest BCUT2D eigenvalue weighted by atomic mass is 9.93. The smallest absolute Gasteiger partial charge is 0.226 e. The molecule has 21 aliphatic rings. The Morgan fingerprint density at radius 3 is 1.05 bits per heavy atom. The summed E-state index contributed by atoms with van der Waals surface area (Å²) in [6.07, 6.45) is -65.2. The molecule has 40 heteroatoms. The van der Waals surface area contributed by atoms with Crippen LogP contribution in [-0.2, 0) is 77.5 Å². The van der Waals surface area contributed by atoms with Gasteiger partial charge in [-0.1, -0.05) is 13.5 Å². The fourth-order valence-corrected chi connectivity index (χ4v) is 14.7. The Morgan fingerprint density at radius 2 is 0.753 bits per heavy atom. The number of nitrogens with zero attached hydrogens (tertiary/aromatic N) is 1. The van der Waals surface area contributed by atoms with Crippen molar-refractivity contribution in [1.82, 2.24) is 20.6 Å². The Balaban J connectivity index is 1.01. The number of H-pyrrole nitrogens is 1. The zero-order valence-electron chi connectivity index (χ0n) is 52.7. The highest BCUT2D eigenvalue weighted by molar-refractivity contribution is 8.00. The van der Waals surface area contributed by atoms with Gasteiger partial charge in [0.1, 0.15) is 159 Å². The molecule has 0 aliphatic carbocycles. The summed E-state index contributed by atoms with van der Waals surface area (Å²) in [7, 11) is 0. The lowest BCUT2D eigenvalue weighted by molar-refractivity contribution is -0.396. The molecule has 0 saturated carbocycles. The Morgan fingerprint density at radius 1 is 0.454 bits per heavy atom. The van der Waals surface area contributed by atoms with Crippen LogP contribution in [0.4, 0.5) is 0 Å². The molecule has 14 bridgehead atoms. The summed E-state index contributed by atoms with van der Waals surface area (Å²) in [6, 6.07) is 0. The molecule has 22 heterocycles. The lowest BCUT2D eigenvalue weighted by Gasteiger charge is -2.50. The van der Waals surface area contributed by atoms with Gasteiger partial charge in [0, 0.05) is 53.2 Å². The standard InChI is InChI=1S/C57H94N4O34S2/c1-4-21(97-8-6-60-29(67)9-20-11-58-18-61-20)10-22-44-30(68)37(75)51(82-22)90-45-23(12-62)84-53(39(77)32(45)70)92-47-25(14-64)85-54(40(78)33(47)71)93-48-26(15-65)87-56(42(80)35(48)73)95-50-28(17-96-7-5-59-19(2)3)88-57(43(81)36(50)74)94-49-27(16-66)86-55(41(79)34(49)72)91-46-24(13-63)83-52(89-44)38(76)31(46)69/h11,18,21-28,30-57,59,62-66,68-81H,2,4-10,12-17H2,1,3H3,(H,58,61)(H,60,67)/t21?,22?,23?,24?,25?,26?,27?,28?,30?,31?,32?,33?,34-,35-,36-,37+,38+,39+,40+,41?,42?,43?,44-,45-,46-,47-,48-,49-,50-,51+,52+,53-,54-,55+,56-,57-/m1/s1. The first-order valence-electron chi connectivity index (χ1n) is 31.9. The molecule has 38 nitrogen and oxygen atoms in total. The molecule has 15 unspecified atom stereocenters. The molecule has 21 fully saturated rings. The second-order valence-corrected chi connectivity index (χ2v) is 27.4. The van der Waals surface area contributed by atoms with Crippen molar-refractivity contribution in [2.75, 3.05) is 63.4 Å². The number of aliphatic hydroxyl groups excluding tert-OH is 19. The Kier molecular flexibility index (Phi) is 29.1. The second kappa shape index (κ2) is 35.9. The second-order valence-electron chi connectivity index (χ2n) is 24.8. The summed E-state index contributed by atoms with van der Waals surface area (Å²) >= 11 is 2.56. The van der Waals surface area contributed by atoms with Gasteiger partial charge in [0.15, 0.2) is 44.0 Å². The predicted octanol–water partition coefficient (Wildman–Crippen LogP) is -11.4. The monoisotopic (exact) mass is 1440 g/mol. The quantitative estimate of drug-likeness (QED) is 0.0539. The number of allylic oxidation sites excluding steroid dienone is 1. The summed E-state index contributed by atoms with van der Waals surface area (Å²) in [6.45, 7) is 2.74. The fourth-order valence-electron chi connectivity index (χ4n) is 12.6. The molecule has 21 aliphatic heterocycles. The van der Waals surface area contributed by atoms with Gasteiger partial charge in [-0.15, -0.1) is 0 Å². The van der Waals surface area contributed by atoms with Gasteiger partial charge in [-0.05, 0) is 19.8 Å². The van der Waals surface area contributed by atoms with E-state index in [0.29, 0.717) is 35.9 Å². The number of aliphatic hydroxyl groups is 19. The van der Waals surface area contributed by atoms with Gasteiger partial charge in [0.05, 0.1) is 58.0 Å². The van der Waals surface area contributed by atoms with E-state index >= 15 is 0 Å². The Hall–Kier alpha value is -2.40. The number of thioether (sulfide) groups is 2. The first kappa shape index (κ1) is 78.7. The topological polar surface area (TPSA) is 583 Å². The highest BCUT2D eigenvalue weighted by Crippen LogP contribution is 2.40. The van der Waals surface area contributed by atoms with E-state index in [1.807, 2.05) is 0 Å².